The predicted molar refractivity (Wildman–Crippen MR) is 181 cm³/mol. The van der Waals surface area contributed by atoms with E-state index in [0.29, 0.717) is 34.7 Å². The number of Topliss-reactive ketones (excluding diaryl/α,β-unsaturated/α-hetero) is 2. The van der Waals surface area contributed by atoms with E-state index >= 15 is 0 Å². The molecule has 1 saturated carbocycles. The molecule has 0 aromatic heterocycles. The summed E-state index contributed by atoms with van der Waals surface area (Å²) in [7, 11) is 2.17. The third kappa shape index (κ3) is 7.08. The van der Waals surface area contributed by atoms with Gasteiger partial charge in [-0.05, 0) is 93.5 Å². The van der Waals surface area contributed by atoms with Crippen LogP contribution in [0.2, 0.25) is 5.02 Å². The first kappa shape index (κ1) is 33.1. The number of ether oxygens (including phenoxy) is 1. The van der Waals surface area contributed by atoms with Crippen molar-refractivity contribution in [1.29, 1.82) is 0 Å². The lowest BCUT2D eigenvalue weighted by atomic mass is 9.72. The van der Waals surface area contributed by atoms with E-state index in [9.17, 15) is 24.6 Å². The van der Waals surface area contributed by atoms with Gasteiger partial charge in [0.1, 0.15) is 12.0 Å². The van der Waals surface area contributed by atoms with Gasteiger partial charge >= 0.3 is 5.97 Å². The van der Waals surface area contributed by atoms with Crippen LogP contribution in [0.1, 0.15) is 95.0 Å². The number of fused-ring (bicyclic) bond motifs is 3. The fourth-order valence-corrected chi connectivity index (χ4v) is 8.04. The summed E-state index contributed by atoms with van der Waals surface area (Å²) in [5.41, 5.74) is 3.09. The highest BCUT2D eigenvalue weighted by Crippen LogP contribution is 2.42. The first-order valence-electron chi connectivity index (χ1n) is 16.7. The number of hydrogen-bond donors (Lipinski definition) is 2. The number of ketones is 2. The SMILES string of the molecule is CN1[C@@H]2CC[C@H]1C[C@@H](OC(=O)C(CO)c1ccccc1)C2.O=C1C(O)=C([C@H]2CC[C@H](c3ccc(Cl)cc3)CC2)C(=O)c2ccccc21. The minimum Gasteiger partial charge on any atom is -0.504 e. The maximum absolute atomic E-state index is 12.9. The van der Waals surface area contributed by atoms with Crippen LogP contribution in [0.5, 0.6) is 0 Å². The summed E-state index contributed by atoms with van der Waals surface area (Å²) in [6.07, 6.45) is 7.68. The van der Waals surface area contributed by atoms with E-state index < -0.39 is 11.7 Å². The molecule has 3 fully saturated rings. The highest BCUT2D eigenvalue weighted by Gasteiger charge is 2.41. The Morgan fingerprint density at radius 3 is 1.96 bits per heavy atom. The molecule has 3 aromatic carbocycles. The van der Waals surface area contributed by atoms with Crippen LogP contribution in [0.3, 0.4) is 0 Å². The van der Waals surface area contributed by atoms with Crippen LogP contribution in [-0.4, -0.2) is 64.5 Å². The molecule has 7 rings (SSSR count). The van der Waals surface area contributed by atoms with E-state index in [0.717, 1.165) is 49.1 Å². The number of allylic oxidation sites excluding steroid dienone is 2. The molecule has 3 aromatic rings. The lowest BCUT2D eigenvalue weighted by Crippen LogP contribution is -2.43. The molecule has 0 amide bonds. The molecule has 0 spiro atoms. The van der Waals surface area contributed by atoms with Gasteiger partial charge in [0, 0.05) is 33.8 Å². The Hall–Kier alpha value is -3.78. The van der Waals surface area contributed by atoms with Crippen molar-refractivity contribution in [3.63, 3.8) is 0 Å². The predicted octanol–water partition coefficient (Wildman–Crippen LogP) is 7.44. The van der Waals surface area contributed by atoms with Crippen LogP contribution < -0.4 is 0 Å². The Morgan fingerprint density at radius 2 is 1.36 bits per heavy atom. The molecule has 7 nitrogen and oxygen atoms in total. The van der Waals surface area contributed by atoms with Crippen LogP contribution in [0.25, 0.3) is 0 Å². The van der Waals surface area contributed by atoms with Crippen molar-refractivity contribution in [1.82, 2.24) is 4.90 Å². The highest BCUT2D eigenvalue weighted by molar-refractivity contribution is 6.30. The van der Waals surface area contributed by atoms with Crippen LogP contribution in [-0.2, 0) is 9.53 Å². The van der Waals surface area contributed by atoms with Gasteiger partial charge in [0.05, 0.1) is 6.61 Å². The minimum absolute atomic E-state index is 0.00367. The van der Waals surface area contributed by atoms with Crippen LogP contribution >= 0.6 is 11.6 Å². The van der Waals surface area contributed by atoms with Crippen molar-refractivity contribution in [3.8, 4) is 0 Å². The normalized spacial score (nSPS) is 26.2. The summed E-state index contributed by atoms with van der Waals surface area (Å²) in [4.78, 5) is 40.1. The van der Waals surface area contributed by atoms with Gasteiger partial charge in [-0.1, -0.05) is 78.3 Å². The van der Waals surface area contributed by atoms with Gasteiger partial charge in [-0.15, -0.1) is 0 Å². The van der Waals surface area contributed by atoms with Gasteiger partial charge in [0.15, 0.2) is 11.5 Å². The van der Waals surface area contributed by atoms with Crippen molar-refractivity contribution in [2.75, 3.05) is 13.7 Å². The first-order valence-corrected chi connectivity index (χ1v) is 17.1. The van der Waals surface area contributed by atoms with E-state index in [1.54, 1.807) is 24.3 Å². The Kier molecular flexibility index (Phi) is 10.3. The zero-order valence-electron chi connectivity index (χ0n) is 26.7. The summed E-state index contributed by atoms with van der Waals surface area (Å²) in [5, 5.41) is 20.7. The molecule has 47 heavy (non-hydrogen) atoms. The standard InChI is InChI=1S/C22H19ClO3.C17H23NO3/c23-16-11-9-14(10-12-16)13-5-7-15(8-6-13)19-20(24)17-3-1-2-4-18(17)21(25)22(19)26;1-18-13-7-8-14(18)10-15(9-13)21-17(20)16(11-19)12-5-3-2-4-6-12/h1-4,9-13,15,26H,5-8H2;2-6,13-16,19H,7-11H2,1H3/t13-,15-;13-,14+,15+,16?. The van der Waals surface area contributed by atoms with Crippen molar-refractivity contribution in [2.24, 2.45) is 5.92 Å². The molecule has 4 aliphatic rings. The van der Waals surface area contributed by atoms with Gasteiger partial charge < -0.3 is 19.8 Å². The third-order valence-corrected chi connectivity index (χ3v) is 10.9. The average Bonchev–Trinajstić information content (AvgIpc) is 3.28. The van der Waals surface area contributed by atoms with Crippen LogP contribution in [0.4, 0.5) is 0 Å². The molecule has 2 aliphatic carbocycles. The molecule has 8 heteroatoms. The fraction of sp³-hybridized carbons (Fsp3) is 0.410. The molecule has 2 heterocycles. The minimum atomic E-state index is -0.566. The van der Waals surface area contributed by atoms with Gasteiger partial charge in [-0.25, -0.2) is 0 Å². The zero-order chi connectivity index (χ0) is 33.1. The summed E-state index contributed by atoms with van der Waals surface area (Å²) in [5.74, 6) is -1.50. The lowest BCUT2D eigenvalue weighted by Gasteiger charge is -2.36. The summed E-state index contributed by atoms with van der Waals surface area (Å²) < 4.78 is 5.70. The monoisotopic (exact) mass is 655 g/mol. The molecule has 246 valence electrons. The number of halogens is 1. The maximum Gasteiger partial charge on any atom is 0.316 e. The molecule has 4 atom stereocenters. The van der Waals surface area contributed by atoms with Gasteiger partial charge in [0.2, 0.25) is 5.78 Å². The lowest BCUT2D eigenvalue weighted by molar-refractivity contribution is -0.155. The Morgan fingerprint density at radius 1 is 0.809 bits per heavy atom. The molecule has 0 radical (unpaired) electrons. The molecular formula is C39H42ClNO6. The highest BCUT2D eigenvalue weighted by atomic mass is 35.5. The van der Waals surface area contributed by atoms with E-state index in [-0.39, 0.29) is 36.1 Å². The second-order valence-electron chi connectivity index (χ2n) is 13.3. The van der Waals surface area contributed by atoms with Crippen LogP contribution in [0.15, 0.2) is 90.2 Å². The second kappa shape index (κ2) is 14.5. The van der Waals surface area contributed by atoms with Crippen molar-refractivity contribution >= 4 is 29.1 Å². The summed E-state index contributed by atoms with van der Waals surface area (Å²) in [6.45, 7) is -0.206. The largest absolute Gasteiger partial charge is 0.504 e. The quantitative estimate of drug-likeness (QED) is 0.266. The molecule has 2 saturated heterocycles. The number of nitrogens with zero attached hydrogens (tertiary/aromatic N) is 1. The number of benzene rings is 3. The maximum atomic E-state index is 12.9. The number of carbonyl (C=O) groups excluding carboxylic acids is 3. The topological polar surface area (TPSA) is 104 Å². The van der Waals surface area contributed by atoms with Crippen molar-refractivity contribution in [2.45, 2.75) is 81.4 Å². The average molecular weight is 656 g/mol. The number of piperidine rings is 1. The number of esters is 1. The van der Waals surface area contributed by atoms with Crippen molar-refractivity contribution in [3.05, 3.63) is 117 Å². The van der Waals surface area contributed by atoms with Crippen LogP contribution in [0, 0.1) is 5.92 Å². The van der Waals surface area contributed by atoms with E-state index in [1.807, 2.05) is 42.5 Å². The third-order valence-electron chi connectivity index (χ3n) is 10.6. The van der Waals surface area contributed by atoms with Gasteiger partial charge in [-0.3, -0.25) is 14.4 Å². The van der Waals surface area contributed by atoms with Gasteiger partial charge in [0.25, 0.3) is 0 Å². The molecule has 2 bridgehead atoms. The molecule has 2 aliphatic heterocycles. The van der Waals surface area contributed by atoms with Gasteiger partial charge in [-0.2, -0.15) is 0 Å². The fourth-order valence-electron chi connectivity index (χ4n) is 7.92. The Bertz CT molecular complexity index is 1610. The molecule has 2 N–H and O–H groups in total. The number of aliphatic hydroxyl groups is 2. The zero-order valence-corrected chi connectivity index (χ0v) is 27.4. The van der Waals surface area contributed by atoms with E-state index in [2.05, 4.69) is 24.1 Å². The molecule has 1 unspecified atom stereocenters. The smallest absolute Gasteiger partial charge is 0.316 e. The van der Waals surface area contributed by atoms with Crippen molar-refractivity contribution < 1.29 is 29.3 Å². The van der Waals surface area contributed by atoms with E-state index in [4.69, 9.17) is 16.3 Å². The number of rotatable bonds is 6. The van der Waals surface area contributed by atoms with E-state index in [1.165, 1.54) is 18.4 Å². The molecular weight excluding hydrogens is 614 g/mol. The Labute approximate surface area is 281 Å². The first-order chi connectivity index (χ1) is 22.7. The number of hydrogen-bond acceptors (Lipinski definition) is 7. The number of aliphatic hydroxyl groups excluding tert-OH is 2. The summed E-state index contributed by atoms with van der Waals surface area (Å²) in [6, 6.07) is 25.1. The summed E-state index contributed by atoms with van der Waals surface area (Å²) >= 11 is 5.96. The number of carbonyl (C=O) groups is 3. The Balaban J connectivity index is 0.000000168. The second-order valence-corrected chi connectivity index (χ2v) is 13.7.